The van der Waals surface area contributed by atoms with Crippen molar-refractivity contribution in [2.45, 2.75) is 13.1 Å². The lowest BCUT2D eigenvalue weighted by atomic mass is 10.1. The van der Waals surface area contributed by atoms with Gasteiger partial charge in [-0.3, -0.25) is 4.79 Å². The number of nitrogens with one attached hydrogen (secondary N) is 2. The Morgan fingerprint density at radius 3 is 2.94 bits per heavy atom. The SMILES string of the molecule is CNCCN(C)C(=O)c1ccc2c(c1)CNC2. The minimum Gasteiger partial charge on any atom is -0.340 e. The second-order valence-corrected chi connectivity index (χ2v) is 4.42. The third-order valence-electron chi connectivity index (χ3n) is 3.13. The molecular formula is C13H19N3O. The van der Waals surface area contributed by atoms with E-state index >= 15 is 0 Å². The Labute approximate surface area is 102 Å². The first-order valence-electron chi connectivity index (χ1n) is 5.95. The zero-order valence-electron chi connectivity index (χ0n) is 10.4. The molecule has 0 saturated heterocycles. The van der Waals surface area contributed by atoms with Crippen LogP contribution in [0.3, 0.4) is 0 Å². The van der Waals surface area contributed by atoms with Crippen LogP contribution in [0.15, 0.2) is 18.2 Å². The summed E-state index contributed by atoms with van der Waals surface area (Å²) in [5.74, 6) is 0.0925. The van der Waals surface area contributed by atoms with E-state index < -0.39 is 0 Å². The van der Waals surface area contributed by atoms with Gasteiger partial charge in [0.25, 0.3) is 5.91 Å². The fraction of sp³-hybridized carbons (Fsp3) is 0.462. The molecule has 2 rings (SSSR count). The summed E-state index contributed by atoms with van der Waals surface area (Å²) >= 11 is 0. The Morgan fingerprint density at radius 2 is 2.18 bits per heavy atom. The molecule has 0 radical (unpaired) electrons. The van der Waals surface area contributed by atoms with Gasteiger partial charge in [-0.2, -0.15) is 0 Å². The van der Waals surface area contributed by atoms with Crippen LogP contribution >= 0.6 is 0 Å². The van der Waals surface area contributed by atoms with E-state index in [1.54, 1.807) is 4.90 Å². The van der Waals surface area contributed by atoms with E-state index in [4.69, 9.17) is 0 Å². The third-order valence-corrected chi connectivity index (χ3v) is 3.13. The van der Waals surface area contributed by atoms with Crippen LogP contribution in [0.4, 0.5) is 0 Å². The Morgan fingerprint density at radius 1 is 1.41 bits per heavy atom. The van der Waals surface area contributed by atoms with Crippen molar-refractivity contribution in [3.8, 4) is 0 Å². The van der Waals surface area contributed by atoms with E-state index in [2.05, 4.69) is 16.7 Å². The molecule has 0 unspecified atom stereocenters. The molecule has 1 heterocycles. The van der Waals surface area contributed by atoms with Crippen molar-refractivity contribution < 1.29 is 4.79 Å². The number of benzene rings is 1. The molecule has 0 atom stereocenters. The molecular weight excluding hydrogens is 214 g/mol. The summed E-state index contributed by atoms with van der Waals surface area (Å²) in [6.45, 7) is 3.33. The molecule has 4 heteroatoms. The van der Waals surface area contributed by atoms with Gasteiger partial charge in [-0.25, -0.2) is 0 Å². The summed E-state index contributed by atoms with van der Waals surface area (Å²) in [5.41, 5.74) is 3.34. The number of amides is 1. The molecule has 0 spiro atoms. The topological polar surface area (TPSA) is 44.4 Å². The van der Waals surface area contributed by atoms with Crippen molar-refractivity contribution in [1.82, 2.24) is 15.5 Å². The molecule has 92 valence electrons. The summed E-state index contributed by atoms with van der Waals surface area (Å²) in [6, 6.07) is 5.98. The summed E-state index contributed by atoms with van der Waals surface area (Å²) in [5, 5.41) is 6.33. The fourth-order valence-electron chi connectivity index (χ4n) is 2.03. The van der Waals surface area contributed by atoms with Gasteiger partial charge in [0.05, 0.1) is 0 Å². The van der Waals surface area contributed by atoms with E-state index in [9.17, 15) is 4.79 Å². The molecule has 0 saturated carbocycles. The van der Waals surface area contributed by atoms with Crippen molar-refractivity contribution in [2.75, 3.05) is 27.2 Å². The predicted octanol–water partition coefficient (Wildman–Crippen LogP) is 0.581. The molecule has 0 aromatic heterocycles. The monoisotopic (exact) mass is 233 g/mol. The van der Waals surface area contributed by atoms with E-state index in [-0.39, 0.29) is 5.91 Å². The van der Waals surface area contributed by atoms with Crippen LogP contribution in [0.2, 0.25) is 0 Å². The lowest BCUT2D eigenvalue weighted by Gasteiger charge is -2.17. The molecule has 0 aliphatic carbocycles. The highest BCUT2D eigenvalue weighted by Crippen LogP contribution is 2.17. The Kier molecular flexibility index (Phi) is 3.76. The maximum Gasteiger partial charge on any atom is 0.253 e. The van der Waals surface area contributed by atoms with E-state index in [1.165, 1.54) is 11.1 Å². The quantitative estimate of drug-likeness (QED) is 0.799. The van der Waals surface area contributed by atoms with Crippen LogP contribution in [0.5, 0.6) is 0 Å². The first-order chi connectivity index (χ1) is 8.22. The maximum atomic E-state index is 12.1. The van der Waals surface area contributed by atoms with Crippen LogP contribution < -0.4 is 10.6 Å². The molecule has 0 bridgehead atoms. The average molecular weight is 233 g/mol. The van der Waals surface area contributed by atoms with Gasteiger partial charge in [0.2, 0.25) is 0 Å². The Bertz CT molecular complexity index is 417. The molecule has 0 fully saturated rings. The van der Waals surface area contributed by atoms with Gasteiger partial charge >= 0.3 is 0 Å². The largest absolute Gasteiger partial charge is 0.340 e. The highest BCUT2D eigenvalue weighted by Gasteiger charge is 2.15. The van der Waals surface area contributed by atoms with E-state index in [0.717, 1.165) is 31.7 Å². The minimum atomic E-state index is 0.0925. The van der Waals surface area contributed by atoms with Gasteiger partial charge in [0.1, 0.15) is 0 Å². The second kappa shape index (κ2) is 5.29. The van der Waals surface area contributed by atoms with Crippen LogP contribution in [0, 0.1) is 0 Å². The van der Waals surface area contributed by atoms with Crippen LogP contribution in [0.25, 0.3) is 0 Å². The number of likely N-dealkylation sites (N-methyl/N-ethyl adjacent to an activating group) is 2. The van der Waals surface area contributed by atoms with Crippen molar-refractivity contribution in [3.05, 3.63) is 34.9 Å². The molecule has 17 heavy (non-hydrogen) atoms. The highest BCUT2D eigenvalue weighted by molar-refractivity contribution is 5.94. The summed E-state index contributed by atoms with van der Waals surface area (Å²) in [7, 11) is 3.73. The van der Waals surface area contributed by atoms with Crippen LogP contribution in [-0.4, -0.2) is 38.0 Å². The first-order valence-corrected chi connectivity index (χ1v) is 5.95. The Hall–Kier alpha value is -1.39. The molecule has 1 aromatic rings. The first kappa shape index (κ1) is 12.1. The molecule has 1 amide bonds. The van der Waals surface area contributed by atoms with Gasteiger partial charge in [-0.1, -0.05) is 6.07 Å². The van der Waals surface area contributed by atoms with Crippen molar-refractivity contribution in [1.29, 1.82) is 0 Å². The number of rotatable bonds is 4. The van der Waals surface area contributed by atoms with Gasteiger partial charge in [-0.05, 0) is 30.3 Å². The lowest BCUT2D eigenvalue weighted by molar-refractivity contribution is 0.0797. The highest BCUT2D eigenvalue weighted by atomic mass is 16.2. The minimum absolute atomic E-state index is 0.0925. The zero-order chi connectivity index (χ0) is 12.3. The normalized spacial score (nSPS) is 13.5. The van der Waals surface area contributed by atoms with Crippen molar-refractivity contribution >= 4 is 5.91 Å². The second-order valence-electron chi connectivity index (χ2n) is 4.42. The van der Waals surface area contributed by atoms with E-state index in [1.807, 2.05) is 26.2 Å². The average Bonchev–Trinajstić information content (AvgIpc) is 2.81. The van der Waals surface area contributed by atoms with Crippen molar-refractivity contribution in [2.24, 2.45) is 0 Å². The number of carbonyl (C=O) groups is 1. The third kappa shape index (κ3) is 2.65. The van der Waals surface area contributed by atoms with Gasteiger partial charge in [0.15, 0.2) is 0 Å². The number of hydrogen-bond acceptors (Lipinski definition) is 3. The summed E-state index contributed by atoms with van der Waals surface area (Å²) < 4.78 is 0. The molecule has 1 aliphatic heterocycles. The van der Waals surface area contributed by atoms with Crippen LogP contribution in [0.1, 0.15) is 21.5 Å². The van der Waals surface area contributed by atoms with Crippen molar-refractivity contribution in [3.63, 3.8) is 0 Å². The maximum absolute atomic E-state index is 12.1. The standard InChI is InChI=1S/C13H19N3O/c1-14-5-6-16(2)13(17)10-3-4-11-8-15-9-12(11)7-10/h3-4,7,14-15H,5-6,8-9H2,1-2H3. The van der Waals surface area contributed by atoms with Crippen LogP contribution in [-0.2, 0) is 13.1 Å². The Balaban J connectivity index is 2.09. The van der Waals surface area contributed by atoms with Gasteiger partial charge < -0.3 is 15.5 Å². The number of nitrogens with zero attached hydrogens (tertiary/aromatic N) is 1. The van der Waals surface area contributed by atoms with Gasteiger partial charge in [-0.15, -0.1) is 0 Å². The lowest BCUT2D eigenvalue weighted by Crippen LogP contribution is -2.32. The smallest absolute Gasteiger partial charge is 0.253 e. The van der Waals surface area contributed by atoms with Gasteiger partial charge in [0, 0.05) is 38.8 Å². The summed E-state index contributed by atoms with van der Waals surface area (Å²) in [4.78, 5) is 13.9. The van der Waals surface area contributed by atoms with E-state index in [0.29, 0.717) is 0 Å². The number of fused-ring (bicyclic) bond motifs is 1. The number of carbonyl (C=O) groups excluding carboxylic acids is 1. The predicted molar refractivity (Wildman–Crippen MR) is 67.9 cm³/mol. The molecule has 4 nitrogen and oxygen atoms in total. The summed E-state index contributed by atoms with van der Waals surface area (Å²) in [6.07, 6.45) is 0. The number of hydrogen-bond donors (Lipinski definition) is 2. The molecule has 2 N–H and O–H groups in total. The molecule has 1 aliphatic rings. The zero-order valence-corrected chi connectivity index (χ0v) is 10.4. The molecule has 1 aromatic carbocycles. The fourth-order valence-corrected chi connectivity index (χ4v) is 2.03.